The van der Waals surface area contributed by atoms with Gasteiger partial charge in [0.2, 0.25) is 11.8 Å². The highest BCUT2D eigenvalue weighted by atomic mass is 16.5. The van der Waals surface area contributed by atoms with E-state index in [1.54, 1.807) is 7.11 Å². The fourth-order valence-corrected chi connectivity index (χ4v) is 1.73. The molecule has 0 aliphatic rings. The van der Waals surface area contributed by atoms with Crippen LogP contribution in [0.5, 0.6) is 5.88 Å². The minimum absolute atomic E-state index is 0.199. The molecule has 1 heterocycles. The third-order valence-corrected chi connectivity index (χ3v) is 2.63. The molecule has 0 saturated heterocycles. The molecule has 1 N–H and O–H groups in total. The highest BCUT2D eigenvalue weighted by Gasteiger charge is 2.06. The summed E-state index contributed by atoms with van der Waals surface area (Å²) in [5.41, 5.74) is 1.81. The van der Waals surface area contributed by atoms with Crippen LogP contribution >= 0.6 is 0 Å². The number of fused-ring (bicyclic) bond motifs is 1. The van der Waals surface area contributed by atoms with Crippen LogP contribution in [0.25, 0.3) is 10.9 Å². The number of amides is 1. The molecule has 18 heavy (non-hydrogen) atoms. The van der Waals surface area contributed by atoms with E-state index in [1.807, 2.05) is 30.3 Å². The minimum Gasteiger partial charge on any atom is -0.481 e. The predicted molar refractivity (Wildman–Crippen MR) is 70.3 cm³/mol. The summed E-state index contributed by atoms with van der Waals surface area (Å²) in [6.45, 7) is 3.84. The fourth-order valence-electron chi connectivity index (χ4n) is 1.73. The van der Waals surface area contributed by atoms with Gasteiger partial charge in [0.1, 0.15) is 0 Å². The first-order valence-corrected chi connectivity index (χ1v) is 5.57. The van der Waals surface area contributed by atoms with Crippen LogP contribution in [0.15, 0.2) is 43.0 Å². The number of hydrogen-bond donors (Lipinski definition) is 1. The van der Waals surface area contributed by atoms with E-state index in [1.165, 1.54) is 6.08 Å². The lowest BCUT2D eigenvalue weighted by Gasteiger charge is -2.09. The van der Waals surface area contributed by atoms with Gasteiger partial charge < -0.3 is 10.1 Å². The van der Waals surface area contributed by atoms with Gasteiger partial charge in [-0.2, -0.15) is 0 Å². The van der Waals surface area contributed by atoms with E-state index in [4.69, 9.17) is 4.74 Å². The summed E-state index contributed by atoms with van der Waals surface area (Å²) in [5.74, 6) is 0.339. The lowest BCUT2D eigenvalue weighted by molar-refractivity contribution is -0.116. The number of pyridine rings is 1. The molecule has 0 atom stereocenters. The second-order valence-corrected chi connectivity index (χ2v) is 3.76. The van der Waals surface area contributed by atoms with Gasteiger partial charge in [0, 0.05) is 18.0 Å². The van der Waals surface area contributed by atoms with Crippen molar-refractivity contribution in [3.05, 3.63) is 48.6 Å². The molecule has 0 unspecified atom stereocenters. The third-order valence-electron chi connectivity index (χ3n) is 2.63. The first-order chi connectivity index (χ1) is 8.74. The predicted octanol–water partition coefficient (Wildman–Crippen LogP) is 2.05. The Hall–Kier alpha value is -2.36. The van der Waals surface area contributed by atoms with Crippen LogP contribution in [0.4, 0.5) is 0 Å². The Morgan fingerprint density at radius 1 is 1.50 bits per heavy atom. The number of carbonyl (C=O) groups excluding carboxylic acids is 1. The fraction of sp³-hybridized carbons (Fsp3) is 0.143. The maximum atomic E-state index is 11.2. The Bertz CT molecular complexity index is 593. The Balaban J connectivity index is 2.40. The van der Waals surface area contributed by atoms with Crippen molar-refractivity contribution in [1.82, 2.24) is 10.3 Å². The van der Waals surface area contributed by atoms with Gasteiger partial charge in [-0.15, -0.1) is 0 Å². The van der Waals surface area contributed by atoms with Crippen LogP contribution in [0.1, 0.15) is 5.56 Å². The molecule has 0 aliphatic heterocycles. The summed E-state index contributed by atoms with van der Waals surface area (Å²) in [7, 11) is 1.57. The molecule has 1 aromatic carbocycles. The molecule has 0 radical (unpaired) electrons. The molecular formula is C14H14N2O2. The summed E-state index contributed by atoms with van der Waals surface area (Å²) in [6, 6.07) is 9.57. The number of carbonyl (C=O) groups is 1. The van der Waals surface area contributed by atoms with E-state index in [0.717, 1.165) is 16.5 Å². The lowest BCUT2D eigenvalue weighted by Crippen LogP contribution is -2.20. The van der Waals surface area contributed by atoms with Crippen molar-refractivity contribution in [3.8, 4) is 5.88 Å². The molecule has 0 saturated carbocycles. The van der Waals surface area contributed by atoms with E-state index < -0.39 is 0 Å². The van der Waals surface area contributed by atoms with Crippen LogP contribution < -0.4 is 10.1 Å². The summed E-state index contributed by atoms with van der Waals surface area (Å²) >= 11 is 0. The molecule has 4 nitrogen and oxygen atoms in total. The average Bonchev–Trinajstić information content (AvgIpc) is 2.43. The number of nitrogens with zero attached hydrogens (tertiary/aromatic N) is 1. The van der Waals surface area contributed by atoms with Gasteiger partial charge in [-0.1, -0.05) is 24.8 Å². The van der Waals surface area contributed by atoms with Crippen LogP contribution in [-0.2, 0) is 11.3 Å². The molecule has 0 aliphatic carbocycles. The highest BCUT2D eigenvalue weighted by molar-refractivity contribution is 5.88. The molecule has 0 bridgehead atoms. The molecule has 92 valence electrons. The Labute approximate surface area is 105 Å². The second-order valence-electron chi connectivity index (χ2n) is 3.76. The first kappa shape index (κ1) is 12.1. The monoisotopic (exact) mass is 242 g/mol. The minimum atomic E-state index is -0.199. The van der Waals surface area contributed by atoms with Crippen LogP contribution in [-0.4, -0.2) is 18.0 Å². The van der Waals surface area contributed by atoms with Crippen LogP contribution in [0.2, 0.25) is 0 Å². The summed E-state index contributed by atoms with van der Waals surface area (Å²) in [5, 5.41) is 3.75. The molecule has 1 amide bonds. The zero-order chi connectivity index (χ0) is 13.0. The first-order valence-electron chi connectivity index (χ1n) is 5.57. The van der Waals surface area contributed by atoms with Crippen molar-refractivity contribution >= 4 is 16.8 Å². The highest BCUT2D eigenvalue weighted by Crippen LogP contribution is 2.21. The maximum Gasteiger partial charge on any atom is 0.243 e. The number of benzene rings is 1. The van der Waals surface area contributed by atoms with Crippen molar-refractivity contribution in [2.45, 2.75) is 6.54 Å². The Kier molecular flexibility index (Phi) is 3.57. The lowest BCUT2D eigenvalue weighted by atomic mass is 10.1. The second kappa shape index (κ2) is 5.31. The van der Waals surface area contributed by atoms with Gasteiger partial charge in [0.05, 0.1) is 12.6 Å². The molecule has 0 spiro atoms. The zero-order valence-corrected chi connectivity index (χ0v) is 10.1. The van der Waals surface area contributed by atoms with Gasteiger partial charge >= 0.3 is 0 Å². The molecule has 4 heteroatoms. The Morgan fingerprint density at radius 3 is 3.00 bits per heavy atom. The number of aromatic nitrogens is 1. The molecule has 0 fully saturated rings. The van der Waals surface area contributed by atoms with E-state index in [9.17, 15) is 4.79 Å². The van der Waals surface area contributed by atoms with E-state index >= 15 is 0 Å². The van der Waals surface area contributed by atoms with Crippen molar-refractivity contribution < 1.29 is 9.53 Å². The van der Waals surface area contributed by atoms with Crippen molar-refractivity contribution in [3.63, 3.8) is 0 Å². The van der Waals surface area contributed by atoms with Gasteiger partial charge in [0.25, 0.3) is 0 Å². The molecule has 1 aromatic heterocycles. The standard InChI is InChI=1S/C14H14N2O2/c1-3-13(17)15-9-10-8-14(18-2)16-12-7-5-4-6-11(10)12/h3-8H,1,9H2,2H3,(H,15,17). The number of ether oxygens (including phenoxy) is 1. The SMILES string of the molecule is C=CC(=O)NCc1cc(OC)nc2ccccc12. The van der Waals surface area contributed by atoms with Crippen LogP contribution in [0, 0.1) is 0 Å². The topological polar surface area (TPSA) is 51.2 Å². The molecular weight excluding hydrogens is 228 g/mol. The van der Waals surface area contributed by atoms with E-state index in [0.29, 0.717) is 12.4 Å². The zero-order valence-electron chi connectivity index (χ0n) is 10.1. The Morgan fingerprint density at radius 2 is 2.28 bits per heavy atom. The molecule has 2 rings (SSSR count). The quantitative estimate of drug-likeness (QED) is 0.835. The molecule has 2 aromatic rings. The van der Waals surface area contributed by atoms with Gasteiger partial charge in [-0.05, 0) is 17.7 Å². The normalized spacial score (nSPS) is 10.1. The van der Waals surface area contributed by atoms with Gasteiger partial charge in [-0.3, -0.25) is 4.79 Å². The van der Waals surface area contributed by atoms with Crippen molar-refractivity contribution in [2.75, 3.05) is 7.11 Å². The van der Waals surface area contributed by atoms with Crippen molar-refractivity contribution in [2.24, 2.45) is 0 Å². The number of para-hydroxylation sites is 1. The summed E-state index contributed by atoms with van der Waals surface area (Å²) in [4.78, 5) is 15.5. The average molecular weight is 242 g/mol. The third kappa shape index (κ3) is 2.48. The number of rotatable bonds is 4. The van der Waals surface area contributed by atoms with E-state index in [2.05, 4.69) is 16.9 Å². The maximum absolute atomic E-state index is 11.2. The van der Waals surface area contributed by atoms with E-state index in [-0.39, 0.29) is 5.91 Å². The van der Waals surface area contributed by atoms with Gasteiger partial charge in [0.15, 0.2) is 0 Å². The summed E-state index contributed by atoms with van der Waals surface area (Å²) in [6.07, 6.45) is 1.25. The van der Waals surface area contributed by atoms with Gasteiger partial charge in [-0.25, -0.2) is 4.98 Å². The number of hydrogen-bond acceptors (Lipinski definition) is 3. The van der Waals surface area contributed by atoms with Crippen LogP contribution in [0.3, 0.4) is 0 Å². The number of nitrogens with one attached hydrogen (secondary N) is 1. The van der Waals surface area contributed by atoms with Crippen molar-refractivity contribution in [1.29, 1.82) is 0 Å². The smallest absolute Gasteiger partial charge is 0.243 e. The number of methoxy groups -OCH3 is 1. The summed E-state index contributed by atoms with van der Waals surface area (Å²) < 4.78 is 5.15. The largest absolute Gasteiger partial charge is 0.481 e.